The van der Waals surface area contributed by atoms with Crippen LogP contribution in [0, 0.1) is 5.82 Å². The van der Waals surface area contributed by atoms with Crippen LogP contribution >= 0.6 is 11.8 Å². The summed E-state index contributed by atoms with van der Waals surface area (Å²) in [7, 11) is 0. The molecule has 1 amide bonds. The zero-order chi connectivity index (χ0) is 23.8. The van der Waals surface area contributed by atoms with E-state index in [1.807, 2.05) is 0 Å². The molecule has 0 unspecified atom stereocenters. The number of carbonyl (C=O) groups excluding carboxylic acids is 2. The molecule has 0 bridgehead atoms. The number of hydrogen-bond acceptors (Lipinski definition) is 8. The summed E-state index contributed by atoms with van der Waals surface area (Å²) >= 11 is 1.01. The second-order valence-electron chi connectivity index (χ2n) is 7.29. The number of fused-ring (bicyclic) bond motifs is 2. The molecule has 0 saturated carbocycles. The number of benzene rings is 2. The Bertz CT molecular complexity index is 1500. The van der Waals surface area contributed by atoms with Crippen molar-refractivity contribution in [2.75, 3.05) is 17.9 Å². The van der Waals surface area contributed by atoms with Crippen LogP contribution in [0.5, 0.6) is 11.5 Å². The van der Waals surface area contributed by atoms with Crippen molar-refractivity contribution < 1.29 is 23.5 Å². The maximum absolute atomic E-state index is 13.3. The van der Waals surface area contributed by atoms with Crippen LogP contribution in [0.2, 0.25) is 0 Å². The molecule has 4 aromatic rings. The molecule has 0 saturated heterocycles. The molecular formula is C22H16FN5O5S. The van der Waals surface area contributed by atoms with Crippen molar-refractivity contribution in [2.24, 2.45) is 0 Å². The molecule has 10 nitrogen and oxygen atoms in total. The van der Waals surface area contributed by atoms with E-state index in [4.69, 9.17) is 9.47 Å². The van der Waals surface area contributed by atoms with E-state index in [2.05, 4.69) is 20.4 Å². The number of aromatic amines is 1. The highest BCUT2D eigenvalue weighted by atomic mass is 32.2. The standard InChI is InChI=1S/C22H16FN5O5S/c1-11(29)14-6-17-18(33-10-32-17)7-16(14)25-19(30)9-34-21-26-20-15(8-24-28(20)22(31)27-21)12-2-4-13(23)5-3-12/h2-8H,9-10H2,1H3,(H,25,30)(H,26,27,31). The van der Waals surface area contributed by atoms with Crippen molar-refractivity contribution in [1.82, 2.24) is 19.6 Å². The summed E-state index contributed by atoms with van der Waals surface area (Å²) in [6.07, 6.45) is 1.47. The maximum atomic E-state index is 13.3. The van der Waals surface area contributed by atoms with Gasteiger partial charge in [0.15, 0.2) is 28.1 Å². The normalized spacial score (nSPS) is 12.2. The van der Waals surface area contributed by atoms with Gasteiger partial charge < -0.3 is 14.8 Å². The smallest absolute Gasteiger partial charge is 0.350 e. The lowest BCUT2D eigenvalue weighted by Gasteiger charge is -2.10. The van der Waals surface area contributed by atoms with Gasteiger partial charge >= 0.3 is 5.69 Å². The van der Waals surface area contributed by atoms with Crippen LogP contribution in [-0.4, -0.2) is 43.8 Å². The SMILES string of the molecule is CC(=O)c1cc2c(cc1NC(=O)CSc1nc3c(-c4ccc(F)cc4)cnn3c(=O)[nH]1)OCO2. The molecule has 0 atom stereocenters. The van der Waals surface area contributed by atoms with E-state index in [0.29, 0.717) is 33.9 Å². The highest BCUT2D eigenvalue weighted by molar-refractivity contribution is 7.99. The van der Waals surface area contributed by atoms with Gasteiger partial charge in [-0.3, -0.25) is 14.6 Å². The van der Waals surface area contributed by atoms with Crippen LogP contribution in [0.1, 0.15) is 17.3 Å². The Morgan fingerprint density at radius 2 is 1.94 bits per heavy atom. The zero-order valence-electron chi connectivity index (χ0n) is 17.6. The minimum absolute atomic E-state index is 0.0376. The fraction of sp³-hybridized carbons (Fsp3) is 0.136. The summed E-state index contributed by atoms with van der Waals surface area (Å²) in [5.41, 5.74) is 1.52. The first kappa shape index (κ1) is 21.6. The number of nitrogens with zero attached hydrogens (tertiary/aromatic N) is 3. The summed E-state index contributed by atoms with van der Waals surface area (Å²) in [5.74, 6) is -0.272. The topological polar surface area (TPSA) is 128 Å². The minimum atomic E-state index is -0.532. The number of H-pyrrole nitrogens is 1. The molecule has 34 heavy (non-hydrogen) atoms. The summed E-state index contributed by atoms with van der Waals surface area (Å²) in [6, 6.07) is 8.79. The molecule has 172 valence electrons. The Balaban J connectivity index is 1.36. The van der Waals surface area contributed by atoms with Gasteiger partial charge in [0.25, 0.3) is 0 Å². The first-order valence-corrected chi connectivity index (χ1v) is 11.0. The van der Waals surface area contributed by atoms with E-state index in [-0.39, 0.29) is 34.9 Å². The van der Waals surface area contributed by atoms with Gasteiger partial charge in [-0.25, -0.2) is 14.2 Å². The number of thioether (sulfide) groups is 1. The fourth-order valence-electron chi connectivity index (χ4n) is 3.43. The van der Waals surface area contributed by atoms with E-state index < -0.39 is 11.6 Å². The number of nitrogens with one attached hydrogen (secondary N) is 2. The number of ketones is 1. The lowest BCUT2D eigenvalue weighted by atomic mass is 10.1. The summed E-state index contributed by atoms with van der Waals surface area (Å²) in [6.45, 7) is 1.42. The largest absolute Gasteiger partial charge is 0.454 e. The van der Waals surface area contributed by atoms with E-state index in [9.17, 15) is 18.8 Å². The highest BCUT2D eigenvalue weighted by Gasteiger charge is 2.21. The average Bonchev–Trinajstić information content (AvgIpc) is 3.44. The van der Waals surface area contributed by atoms with Crippen LogP contribution in [0.3, 0.4) is 0 Å². The van der Waals surface area contributed by atoms with Crippen LogP contribution in [0.25, 0.3) is 16.8 Å². The van der Waals surface area contributed by atoms with Gasteiger partial charge in [0, 0.05) is 17.2 Å². The third-order valence-corrected chi connectivity index (χ3v) is 5.89. The number of halogens is 1. The van der Waals surface area contributed by atoms with E-state index >= 15 is 0 Å². The van der Waals surface area contributed by atoms with Crippen LogP contribution in [0.15, 0.2) is 52.5 Å². The third-order valence-electron chi connectivity index (χ3n) is 5.02. The predicted octanol–water partition coefficient (Wildman–Crippen LogP) is 2.89. The third kappa shape index (κ3) is 4.10. The number of Topliss-reactive ketones (excluding diaryl/α,β-unsaturated/α-hetero) is 1. The van der Waals surface area contributed by atoms with E-state index in [1.54, 1.807) is 12.1 Å². The van der Waals surface area contributed by atoms with Crippen molar-refractivity contribution in [1.29, 1.82) is 0 Å². The van der Waals surface area contributed by atoms with Gasteiger partial charge in [-0.1, -0.05) is 23.9 Å². The molecule has 2 aromatic carbocycles. The lowest BCUT2D eigenvalue weighted by Crippen LogP contribution is -2.20. The Morgan fingerprint density at radius 1 is 1.21 bits per heavy atom. The number of hydrogen-bond donors (Lipinski definition) is 2. The molecule has 2 aromatic heterocycles. The molecule has 0 aliphatic carbocycles. The Kier molecular flexibility index (Phi) is 5.49. The lowest BCUT2D eigenvalue weighted by molar-refractivity contribution is -0.113. The van der Waals surface area contributed by atoms with Gasteiger partial charge in [-0.05, 0) is 30.7 Å². The number of anilines is 1. The molecule has 12 heteroatoms. The summed E-state index contributed by atoms with van der Waals surface area (Å²) < 4.78 is 25.0. The second kappa shape index (κ2) is 8.63. The van der Waals surface area contributed by atoms with Crippen LogP contribution in [-0.2, 0) is 4.79 Å². The van der Waals surface area contributed by atoms with Crippen LogP contribution < -0.4 is 20.5 Å². The minimum Gasteiger partial charge on any atom is -0.454 e. The number of aromatic nitrogens is 4. The van der Waals surface area contributed by atoms with Crippen LogP contribution in [0.4, 0.5) is 10.1 Å². The number of carbonyl (C=O) groups is 2. The molecule has 1 aliphatic rings. The van der Waals surface area contributed by atoms with Crippen molar-refractivity contribution in [2.45, 2.75) is 12.1 Å². The Hall–Kier alpha value is -4.19. The average molecular weight is 481 g/mol. The van der Waals surface area contributed by atoms with Gasteiger partial charge in [-0.2, -0.15) is 9.61 Å². The van der Waals surface area contributed by atoms with Crippen molar-refractivity contribution in [3.05, 3.63) is 64.5 Å². The zero-order valence-corrected chi connectivity index (χ0v) is 18.4. The molecule has 0 radical (unpaired) electrons. The molecule has 2 N–H and O–H groups in total. The highest BCUT2D eigenvalue weighted by Crippen LogP contribution is 2.37. The molecule has 0 spiro atoms. The van der Waals surface area contributed by atoms with Gasteiger partial charge in [0.2, 0.25) is 12.7 Å². The first-order chi connectivity index (χ1) is 16.4. The van der Waals surface area contributed by atoms with Gasteiger partial charge in [0.1, 0.15) is 5.82 Å². The summed E-state index contributed by atoms with van der Waals surface area (Å²) in [4.78, 5) is 44.0. The second-order valence-corrected chi connectivity index (χ2v) is 8.26. The predicted molar refractivity (Wildman–Crippen MR) is 121 cm³/mol. The molecule has 5 rings (SSSR count). The number of amides is 1. The molecular weight excluding hydrogens is 465 g/mol. The van der Waals surface area contributed by atoms with E-state index in [1.165, 1.54) is 37.4 Å². The first-order valence-electron chi connectivity index (χ1n) is 10.0. The summed E-state index contributed by atoms with van der Waals surface area (Å²) in [5, 5.41) is 6.93. The van der Waals surface area contributed by atoms with E-state index in [0.717, 1.165) is 16.3 Å². The fourth-order valence-corrected chi connectivity index (χ4v) is 4.08. The Labute approximate surface area is 195 Å². The van der Waals surface area contributed by atoms with Gasteiger partial charge in [0.05, 0.1) is 17.6 Å². The van der Waals surface area contributed by atoms with Crippen molar-refractivity contribution >= 4 is 34.8 Å². The monoisotopic (exact) mass is 481 g/mol. The van der Waals surface area contributed by atoms with Gasteiger partial charge in [-0.15, -0.1) is 0 Å². The Morgan fingerprint density at radius 3 is 2.68 bits per heavy atom. The number of rotatable bonds is 6. The maximum Gasteiger partial charge on any atom is 0.350 e. The molecule has 3 heterocycles. The quantitative estimate of drug-likeness (QED) is 0.318. The molecule has 0 fully saturated rings. The van der Waals surface area contributed by atoms with Crippen molar-refractivity contribution in [3.8, 4) is 22.6 Å². The number of ether oxygens (including phenoxy) is 2. The molecule has 1 aliphatic heterocycles. The van der Waals surface area contributed by atoms with Crippen molar-refractivity contribution in [3.63, 3.8) is 0 Å².